The van der Waals surface area contributed by atoms with Crippen LogP contribution in [0.25, 0.3) is 0 Å². The Hall–Kier alpha value is -1.61. The molecule has 0 aromatic heterocycles. The normalized spacial score (nSPS) is 9.08. The highest BCUT2D eigenvalue weighted by Crippen LogP contribution is 2.08. The molecule has 1 rings (SSSR count). The van der Waals surface area contributed by atoms with Crippen molar-refractivity contribution in [1.29, 1.82) is 0 Å². The lowest BCUT2D eigenvalue weighted by Crippen LogP contribution is -2.06. The van der Waals surface area contributed by atoms with E-state index in [1.165, 1.54) is 6.08 Å². The van der Waals surface area contributed by atoms with Gasteiger partial charge in [0.15, 0.2) is 5.78 Å². The molecule has 0 saturated carbocycles. The van der Waals surface area contributed by atoms with E-state index in [0.717, 1.165) is 5.69 Å². The topological polar surface area (TPSA) is 55.1 Å². The number of hydrogen-bond donors (Lipinski definition) is 2. The van der Waals surface area contributed by atoms with Crippen molar-refractivity contribution in [1.82, 2.24) is 0 Å². The lowest BCUT2D eigenvalue weighted by molar-refractivity contribution is 0.104. The molecule has 0 aliphatic rings. The highest BCUT2D eigenvalue weighted by Gasteiger charge is 1.98. The number of carbonyl (C=O) groups is 1. The van der Waals surface area contributed by atoms with Gasteiger partial charge in [-0.3, -0.25) is 10.6 Å². The molecule has 3 heteroatoms. The van der Waals surface area contributed by atoms with E-state index >= 15 is 0 Å². The molecular weight excluding hydrogens is 152 g/mol. The highest BCUT2D eigenvalue weighted by molar-refractivity contribution is 6.04. The Balaban J connectivity index is 2.91. The van der Waals surface area contributed by atoms with Gasteiger partial charge in [-0.2, -0.15) is 0 Å². The van der Waals surface area contributed by atoms with Gasteiger partial charge >= 0.3 is 0 Å². The molecule has 0 spiro atoms. The molecule has 1 aromatic carbocycles. The van der Waals surface area contributed by atoms with Crippen LogP contribution in [0.15, 0.2) is 36.9 Å². The summed E-state index contributed by atoms with van der Waals surface area (Å²) in [6, 6.07) is 6.85. The van der Waals surface area contributed by atoms with E-state index in [1.54, 1.807) is 24.3 Å². The Morgan fingerprint density at radius 3 is 2.42 bits per heavy atom. The Kier molecular flexibility index (Phi) is 2.61. The van der Waals surface area contributed by atoms with Crippen molar-refractivity contribution in [2.75, 3.05) is 5.43 Å². The highest BCUT2D eigenvalue weighted by atomic mass is 16.1. The second-order valence-electron chi connectivity index (χ2n) is 2.29. The average molecular weight is 162 g/mol. The quantitative estimate of drug-likeness (QED) is 0.305. The first kappa shape index (κ1) is 8.49. The molecular formula is C9H10N2O. The predicted molar refractivity (Wildman–Crippen MR) is 48.8 cm³/mol. The van der Waals surface area contributed by atoms with Gasteiger partial charge in [-0.15, -0.1) is 0 Å². The molecule has 0 saturated heterocycles. The maximum absolute atomic E-state index is 11.0. The van der Waals surface area contributed by atoms with E-state index in [0.29, 0.717) is 5.56 Å². The van der Waals surface area contributed by atoms with Crippen LogP contribution in [-0.2, 0) is 0 Å². The Morgan fingerprint density at radius 1 is 1.42 bits per heavy atom. The number of allylic oxidation sites excluding steroid dienone is 1. The number of nitrogens with one attached hydrogen (secondary N) is 1. The fourth-order valence-corrected chi connectivity index (χ4v) is 0.849. The third kappa shape index (κ3) is 1.71. The molecule has 1 aromatic rings. The largest absolute Gasteiger partial charge is 0.324 e. The van der Waals surface area contributed by atoms with Crippen LogP contribution in [0.2, 0.25) is 0 Å². The number of anilines is 1. The van der Waals surface area contributed by atoms with Crippen LogP contribution in [0.4, 0.5) is 5.69 Å². The monoisotopic (exact) mass is 162 g/mol. The molecule has 0 amide bonds. The van der Waals surface area contributed by atoms with Crippen molar-refractivity contribution >= 4 is 11.5 Å². The second-order valence-corrected chi connectivity index (χ2v) is 2.29. The molecule has 0 atom stereocenters. The molecule has 0 aliphatic heterocycles. The summed E-state index contributed by atoms with van der Waals surface area (Å²) in [6.45, 7) is 3.39. The van der Waals surface area contributed by atoms with E-state index in [2.05, 4.69) is 12.0 Å². The number of ketones is 1. The average Bonchev–Trinajstić information content (AvgIpc) is 2.17. The summed E-state index contributed by atoms with van der Waals surface area (Å²) in [4.78, 5) is 11.0. The van der Waals surface area contributed by atoms with E-state index in [1.807, 2.05) is 0 Å². The molecule has 0 aliphatic carbocycles. The van der Waals surface area contributed by atoms with Crippen molar-refractivity contribution in [3.05, 3.63) is 42.5 Å². The van der Waals surface area contributed by atoms with E-state index in [9.17, 15) is 4.79 Å². The number of nitrogens with two attached hydrogens (primary N) is 1. The molecule has 0 unspecified atom stereocenters. The molecule has 3 nitrogen and oxygen atoms in total. The van der Waals surface area contributed by atoms with Crippen molar-refractivity contribution in [3.63, 3.8) is 0 Å². The van der Waals surface area contributed by atoms with Gasteiger partial charge in [0, 0.05) is 11.3 Å². The minimum atomic E-state index is -0.0847. The van der Waals surface area contributed by atoms with Gasteiger partial charge < -0.3 is 5.43 Å². The summed E-state index contributed by atoms with van der Waals surface area (Å²) in [5.74, 6) is 5.07. The lowest BCUT2D eigenvalue weighted by Gasteiger charge is -1.99. The first-order valence-electron chi connectivity index (χ1n) is 3.51. The van der Waals surface area contributed by atoms with Crippen LogP contribution in [0.3, 0.4) is 0 Å². The number of nitrogen functional groups attached to an aromatic ring is 1. The zero-order valence-electron chi connectivity index (χ0n) is 6.58. The predicted octanol–water partition coefficient (Wildman–Crippen LogP) is 1.34. The summed E-state index contributed by atoms with van der Waals surface area (Å²) in [5, 5.41) is 0. The van der Waals surface area contributed by atoms with Crippen LogP contribution in [-0.4, -0.2) is 5.78 Å². The zero-order chi connectivity index (χ0) is 8.97. The molecule has 0 bridgehead atoms. The second kappa shape index (κ2) is 3.69. The van der Waals surface area contributed by atoms with Crippen LogP contribution in [0, 0.1) is 0 Å². The van der Waals surface area contributed by atoms with Crippen molar-refractivity contribution in [3.8, 4) is 0 Å². The third-order valence-electron chi connectivity index (χ3n) is 1.52. The van der Waals surface area contributed by atoms with E-state index in [-0.39, 0.29) is 5.78 Å². The van der Waals surface area contributed by atoms with Gasteiger partial charge in [0.1, 0.15) is 0 Å². The maximum atomic E-state index is 11.0. The molecule has 3 N–H and O–H groups in total. The first-order chi connectivity index (χ1) is 5.77. The molecule has 0 fully saturated rings. The summed E-state index contributed by atoms with van der Waals surface area (Å²) >= 11 is 0. The lowest BCUT2D eigenvalue weighted by atomic mass is 10.1. The van der Waals surface area contributed by atoms with Crippen LogP contribution >= 0.6 is 0 Å². The minimum Gasteiger partial charge on any atom is -0.324 e. The van der Waals surface area contributed by atoms with Gasteiger partial charge in [0.2, 0.25) is 0 Å². The Bertz CT molecular complexity index is 290. The molecule has 12 heavy (non-hydrogen) atoms. The molecule has 0 heterocycles. The first-order valence-corrected chi connectivity index (χ1v) is 3.51. The number of benzene rings is 1. The van der Waals surface area contributed by atoms with Crippen LogP contribution < -0.4 is 11.3 Å². The standard InChI is InChI=1S/C9H10N2O/c1-2-9(12)7-3-5-8(11-10)6-4-7/h2-6,11H,1,10H2. The van der Waals surface area contributed by atoms with E-state index in [4.69, 9.17) is 5.84 Å². The van der Waals surface area contributed by atoms with Gasteiger partial charge in [0.05, 0.1) is 0 Å². The number of hydrogen-bond acceptors (Lipinski definition) is 3. The van der Waals surface area contributed by atoms with Crippen molar-refractivity contribution in [2.45, 2.75) is 0 Å². The van der Waals surface area contributed by atoms with Crippen molar-refractivity contribution < 1.29 is 4.79 Å². The van der Waals surface area contributed by atoms with Gasteiger partial charge in [-0.05, 0) is 30.3 Å². The summed E-state index contributed by atoms with van der Waals surface area (Å²) in [7, 11) is 0. The van der Waals surface area contributed by atoms with Gasteiger partial charge in [-0.25, -0.2) is 0 Å². The van der Waals surface area contributed by atoms with Crippen molar-refractivity contribution in [2.24, 2.45) is 5.84 Å². The Labute approximate surface area is 70.9 Å². The number of carbonyl (C=O) groups excluding carboxylic acids is 1. The van der Waals surface area contributed by atoms with Gasteiger partial charge in [-0.1, -0.05) is 6.58 Å². The smallest absolute Gasteiger partial charge is 0.185 e. The number of rotatable bonds is 3. The number of hydrazine groups is 1. The summed E-state index contributed by atoms with van der Waals surface area (Å²) < 4.78 is 0. The maximum Gasteiger partial charge on any atom is 0.185 e. The van der Waals surface area contributed by atoms with Crippen LogP contribution in [0.1, 0.15) is 10.4 Å². The fraction of sp³-hybridized carbons (Fsp3) is 0. The minimum absolute atomic E-state index is 0.0847. The zero-order valence-corrected chi connectivity index (χ0v) is 6.58. The summed E-state index contributed by atoms with van der Waals surface area (Å²) in [5.41, 5.74) is 3.86. The SMILES string of the molecule is C=CC(=O)c1ccc(NN)cc1. The molecule has 62 valence electrons. The van der Waals surface area contributed by atoms with Crippen LogP contribution in [0.5, 0.6) is 0 Å². The van der Waals surface area contributed by atoms with E-state index < -0.39 is 0 Å². The summed E-state index contributed by atoms with van der Waals surface area (Å²) in [6.07, 6.45) is 1.28. The fourth-order valence-electron chi connectivity index (χ4n) is 0.849. The third-order valence-corrected chi connectivity index (χ3v) is 1.52. The molecule has 0 radical (unpaired) electrons. The Morgan fingerprint density at radius 2 is 2.00 bits per heavy atom. The van der Waals surface area contributed by atoms with Gasteiger partial charge in [0.25, 0.3) is 0 Å².